The number of nitrogens with one attached hydrogen (secondary N) is 1. The van der Waals surface area contributed by atoms with Crippen LogP contribution < -0.4 is 11.3 Å². The lowest BCUT2D eigenvalue weighted by atomic mass is 9.98. The molecule has 0 aliphatic heterocycles. The average Bonchev–Trinajstić information content (AvgIpc) is 3.05. The summed E-state index contributed by atoms with van der Waals surface area (Å²) in [5, 5.41) is 4.34. The highest BCUT2D eigenvalue weighted by atomic mass is 32.1. The van der Waals surface area contributed by atoms with Crippen molar-refractivity contribution in [1.29, 1.82) is 0 Å². The van der Waals surface area contributed by atoms with Gasteiger partial charge in [0.15, 0.2) is 0 Å². The third kappa shape index (κ3) is 2.45. The normalized spacial score (nSPS) is 16.3. The second-order valence-corrected chi connectivity index (χ2v) is 6.20. The molecule has 1 unspecified atom stereocenters. The summed E-state index contributed by atoms with van der Waals surface area (Å²) in [6.07, 6.45) is 9.07. The predicted molar refractivity (Wildman–Crippen MR) is 78.0 cm³/mol. The second-order valence-electron chi connectivity index (χ2n) is 5.03. The van der Waals surface area contributed by atoms with Crippen molar-refractivity contribution in [1.82, 2.24) is 15.2 Å². The van der Waals surface area contributed by atoms with Crippen LogP contribution in [0.15, 0.2) is 18.5 Å². The van der Waals surface area contributed by atoms with Gasteiger partial charge in [0.2, 0.25) is 0 Å². The number of aryl methyl sites for hydroxylation is 3. The van der Waals surface area contributed by atoms with Crippen molar-refractivity contribution < 1.29 is 0 Å². The Balaban J connectivity index is 1.91. The van der Waals surface area contributed by atoms with E-state index in [0.29, 0.717) is 0 Å². The van der Waals surface area contributed by atoms with Crippen molar-refractivity contribution in [3.05, 3.63) is 39.3 Å². The zero-order valence-corrected chi connectivity index (χ0v) is 12.0. The molecule has 19 heavy (non-hydrogen) atoms. The third-order valence-electron chi connectivity index (χ3n) is 3.78. The Morgan fingerprint density at radius 3 is 3.00 bits per heavy atom. The largest absolute Gasteiger partial charge is 0.273 e. The number of hydrogen-bond donors (Lipinski definition) is 2. The molecule has 1 aliphatic carbocycles. The molecular weight excluding hydrogens is 256 g/mol. The smallest absolute Gasteiger partial charge is 0.0833 e. The van der Waals surface area contributed by atoms with Gasteiger partial charge in [-0.1, -0.05) is 0 Å². The molecule has 1 atom stereocenters. The van der Waals surface area contributed by atoms with Crippen LogP contribution in [-0.4, -0.2) is 9.78 Å². The van der Waals surface area contributed by atoms with E-state index in [1.165, 1.54) is 36.1 Å². The van der Waals surface area contributed by atoms with Crippen molar-refractivity contribution >= 4 is 11.3 Å². The topological polar surface area (TPSA) is 55.9 Å². The van der Waals surface area contributed by atoms with E-state index in [2.05, 4.69) is 29.7 Å². The van der Waals surface area contributed by atoms with Gasteiger partial charge in [0, 0.05) is 28.1 Å². The Hall–Kier alpha value is -1.17. The number of nitrogens with zero attached hydrogens (tertiary/aromatic N) is 2. The molecule has 3 rings (SSSR count). The van der Waals surface area contributed by atoms with E-state index in [0.717, 1.165) is 12.1 Å². The molecule has 5 heteroatoms. The zero-order chi connectivity index (χ0) is 13.2. The summed E-state index contributed by atoms with van der Waals surface area (Å²) in [4.78, 5) is 2.86. The minimum atomic E-state index is 0.0656. The first-order chi connectivity index (χ1) is 9.31. The van der Waals surface area contributed by atoms with Gasteiger partial charge in [0.05, 0.1) is 12.2 Å². The van der Waals surface area contributed by atoms with Gasteiger partial charge in [-0.3, -0.25) is 10.5 Å². The molecule has 3 N–H and O–H groups in total. The maximum absolute atomic E-state index is 5.77. The lowest BCUT2D eigenvalue weighted by Gasteiger charge is -2.11. The Kier molecular flexibility index (Phi) is 3.68. The summed E-state index contributed by atoms with van der Waals surface area (Å²) in [7, 11) is 0. The minimum absolute atomic E-state index is 0.0656. The quantitative estimate of drug-likeness (QED) is 0.666. The van der Waals surface area contributed by atoms with Crippen molar-refractivity contribution in [3.63, 3.8) is 0 Å². The van der Waals surface area contributed by atoms with Crippen LogP contribution in [0.4, 0.5) is 0 Å². The lowest BCUT2D eigenvalue weighted by Crippen LogP contribution is -2.27. The molecular formula is C14H20N4S. The van der Waals surface area contributed by atoms with Crippen molar-refractivity contribution in [2.24, 2.45) is 5.84 Å². The summed E-state index contributed by atoms with van der Waals surface area (Å²) < 4.78 is 1.94. The molecule has 0 fully saturated rings. The van der Waals surface area contributed by atoms with Crippen LogP contribution in [0.2, 0.25) is 0 Å². The first kappa shape index (κ1) is 12.8. The summed E-state index contributed by atoms with van der Waals surface area (Å²) in [5.41, 5.74) is 5.60. The molecule has 4 nitrogen and oxygen atoms in total. The summed E-state index contributed by atoms with van der Waals surface area (Å²) in [6, 6.07) is 2.39. The van der Waals surface area contributed by atoms with Crippen LogP contribution in [-0.2, 0) is 19.4 Å². The van der Waals surface area contributed by atoms with Crippen LogP contribution in [0.1, 0.15) is 46.7 Å². The number of thiophene rings is 1. The number of hydrazine groups is 1. The van der Waals surface area contributed by atoms with E-state index in [1.54, 1.807) is 4.88 Å². The van der Waals surface area contributed by atoms with E-state index in [9.17, 15) is 0 Å². The van der Waals surface area contributed by atoms with E-state index in [1.807, 2.05) is 22.2 Å². The fraction of sp³-hybridized carbons (Fsp3) is 0.500. The predicted octanol–water partition coefficient (Wildman–Crippen LogP) is 2.40. The summed E-state index contributed by atoms with van der Waals surface area (Å²) in [6.45, 7) is 2.98. The Bertz CT molecular complexity index is 534. The molecule has 0 saturated heterocycles. The number of aromatic nitrogens is 2. The number of fused-ring (bicyclic) bond motifs is 1. The van der Waals surface area contributed by atoms with E-state index in [4.69, 9.17) is 5.84 Å². The molecule has 0 bridgehead atoms. The molecule has 102 valence electrons. The second kappa shape index (κ2) is 5.45. The van der Waals surface area contributed by atoms with Crippen molar-refractivity contribution in [3.8, 4) is 0 Å². The first-order valence-electron chi connectivity index (χ1n) is 6.91. The highest BCUT2D eigenvalue weighted by Gasteiger charge is 2.20. The Morgan fingerprint density at radius 1 is 1.47 bits per heavy atom. The summed E-state index contributed by atoms with van der Waals surface area (Å²) >= 11 is 1.90. The fourth-order valence-electron chi connectivity index (χ4n) is 2.70. The minimum Gasteiger partial charge on any atom is -0.273 e. The van der Waals surface area contributed by atoms with Gasteiger partial charge in [-0.05, 0) is 44.2 Å². The van der Waals surface area contributed by atoms with Crippen LogP contribution in [0.3, 0.4) is 0 Å². The Labute approximate surface area is 117 Å². The molecule has 0 spiro atoms. The van der Waals surface area contributed by atoms with Crippen LogP contribution in [0.5, 0.6) is 0 Å². The van der Waals surface area contributed by atoms with E-state index in [-0.39, 0.29) is 6.04 Å². The number of hydrogen-bond acceptors (Lipinski definition) is 4. The standard InChI is InChI=1S/C14H20N4S/c1-2-18-9-11(8-16-18)14(17-15)13-7-10-5-3-4-6-12(10)19-13/h7-9,14,17H,2-6,15H2,1H3. The third-order valence-corrected chi connectivity index (χ3v) is 5.08. The lowest BCUT2D eigenvalue weighted by molar-refractivity contribution is 0.636. The summed E-state index contributed by atoms with van der Waals surface area (Å²) in [5.74, 6) is 5.77. The van der Waals surface area contributed by atoms with Gasteiger partial charge < -0.3 is 0 Å². The SMILES string of the molecule is CCn1cc(C(NN)c2cc3c(s2)CCCC3)cn1. The Morgan fingerprint density at radius 2 is 2.32 bits per heavy atom. The van der Waals surface area contributed by atoms with Gasteiger partial charge >= 0.3 is 0 Å². The van der Waals surface area contributed by atoms with Gasteiger partial charge in [0.1, 0.15) is 0 Å². The number of nitrogens with two attached hydrogens (primary N) is 1. The van der Waals surface area contributed by atoms with Crippen LogP contribution in [0.25, 0.3) is 0 Å². The monoisotopic (exact) mass is 276 g/mol. The molecule has 2 aromatic heterocycles. The zero-order valence-electron chi connectivity index (χ0n) is 11.2. The first-order valence-corrected chi connectivity index (χ1v) is 7.73. The molecule has 0 amide bonds. The molecule has 1 aliphatic rings. The average molecular weight is 276 g/mol. The van der Waals surface area contributed by atoms with Gasteiger partial charge in [-0.25, -0.2) is 5.43 Å². The van der Waals surface area contributed by atoms with Gasteiger partial charge in [-0.2, -0.15) is 5.10 Å². The maximum Gasteiger partial charge on any atom is 0.0833 e. The number of rotatable bonds is 4. The van der Waals surface area contributed by atoms with E-state index < -0.39 is 0 Å². The van der Waals surface area contributed by atoms with Crippen molar-refractivity contribution in [2.75, 3.05) is 0 Å². The highest BCUT2D eigenvalue weighted by molar-refractivity contribution is 7.12. The molecule has 2 heterocycles. The molecule has 0 saturated carbocycles. The van der Waals surface area contributed by atoms with Gasteiger partial charge in [-0.15, -0.1) is 11.3 Å². The van der Waals surface area contributed by atoms with E-state index >= 15 is 0 Å². The molecule has 0 radical (unpaired) electrons. The van der Waals surface area contributed by atoms with Crippen molar-refractivity contribution in [2.45, 2.75) is 45.2 Å². The molecule has 0 aromatic carbocycles. The molecule has 2 aromatic rings. The highest BCUT2D eigenvalue weighted by Crippen LogP contribution is 2.34. The van der Waals surface area contributed by atoms with Gasteiger partial charge in [0.25, 0.3) is 0 Å². The fourth-order valence-corrected chi connectivity index (χ4v) is 4.05. The van der Waals surface area contributed by atoms with Crippen LogP contribution >= 0.6 is 11.3 Å². The van der Waals surface area contributed by atoms with Crippen LogP contribution in [0, 0.1) is 0 Å². The maximum atomic E-state index is 5.77.